The van der Waals surface area contributed by atoms with Crippen LogP contribution in [0.2, 0.25) is 0 Å². The molecule has 0 amide bonds. The minimum absolute atomic E-state index is 0.00711. The van der Waals surface area contributed by atoms with Crippen LogP contribution in [0.1, 0.15) is 17.2 Å². The number of benzene rings is 2. The normalized spacial score (nSPS) is 12.5. The Morgan fingerprint density at radius 1 is 0.905 bits per heavy atom. The van der Waals surface area contributed by atoms with Gasteiger partial charge in [-0.3, -0.25) is 0 Å². The summed E-state index contributed by atoms with van der Waals surface area (Å²) in [6, 6.07) is 4.25. The fourth-order valence-electron chi connectivity index (χ4n) is 1.86. The first-order valence-corrected chi connectivity index (χ1v) is 7.35. The quantitative estimate of drug-likeness (QED) is 0.413. The molecule has 2 rings (SSSR count). The van der Waals surface area contributed by atoms with E-state index in [4.69, 9.17) is 0 Å². The van der Waals surface area contributed by atoms with Gasteiger partial charge in [-0.2, -0.15) is 0 Å². The Bertz CT molecular complexity index is 691. The third-order valence-corrected chi connectivity index (χ3v) is 4.38. The van der Waals surface area contributed by atoms with Crippen LogP contribution in [0.3, 0.4) is 0 Å². The molecular formula is C14H8Br2F4O. The first-order valence-electron chi connectivity index (χ1n) is 5.76. The van der Waals surface area contributed by atoms with Gasteiger partial charge < -0.3 is 5.11 Å². The van der Waals surface area contributed by atoms with Crippen LogP contribution in [0.4, 0.5) is 17.6 Å². The SMILES string of the molecule is OC(Cc1c(F)ccc(Br)c1F)c1ccc(F)c(F)c1Br. The van der Waals surface area contributed by atoms with Gasteiger partial charge in [0.15, 0.2) is 11.6 Å². The van der Waals surface area contributed by atoms with Gasteiger partial charge in [0.25, 0.3) is 0 Å². The average Bonchev–Trinajstić information content (AvgIpc) is 2.45. The van der Waals surface area contributed by atoms with Crippen LogP contribution >= 0.6 is 31.9 Å². The first kappa shape index (κ1) is 16.5. The molecule has 21 heavy (non-hydrogen) atoms. The van der Waals surface area contributed by atoms with Gasteiger partial charge in [0.05, 0.1) is 15.0 Å². The highest BCUT2D eigenvalue weighted by Gasteiger charge is 2.21. The molecule has 112 valence electrons. The van der Waals surface area contributed by atoms with E-state index in [0.717, 1.165) is 18.2 Å². The van der Waals surface area contributed by atoms with Crippen LogP contribution in [0, 0.1) is 23.3 Å². The molecule has 0 aliphatic heterocycles. The fourth-order valence-corrected chi connectivity index (χ4v) is 2.81. The Labute approximate surface area is 134 Å². The minimum Gasteiger partial charge on any atom is -0.388 e. The van der Waals surface area contributed by atoms with E-state index in [1.807, 2.05) is 0 Å². The Hall–Kier alpha value is -0.920. The topological polar surface area (TPSA) is 20.2 Å². The summed E-state index contributed by atoms with van der Waals surface area (Å²) >= 11 is 5.74. The van der Waals surface area contributed by atoms with Crippen molar-refractivity contribution >= 4 is 31.9 Å². The van der Waals surface area contributed by atoms with Crippen LogP contribution in [0.15, 0.2) is 33.2 Å². The van der Waals surface area contributed by atoms with Crippen LogP contribution in [0.25, 0.3) is 0 Å². The molecule has 1 unspecified atom stereocenters. The maximum absolute atomic E-state index is 13.8. The fraction of sp³-hybridized carbons (Fsp3) is 0.143. The lowest BCUT2D eigenvalue weighted by Gasteiger charge is -2.15. The highest BCUT2D eigenvalue weighted by molar-refractivity contribution is 9.10. The predicted octanol–water partition coefficient (Wildman–Crippen LogP) is 5.04. The average molecular weight is 428 g/mol. The van der Waals surface area contributed by atoms with Gasteiger partial charge in [-0.05, 0) is 55.6 Å². The van der Waals surface area contributed by atoms with Gasteiger partial charge in [-0.15, -0.1) is 0 Å². The molecule has 2 aromatic rings. The van der Waals surface area contributed by atoms with Crippen molar-refractivity contribution in [1.82, 2.24) is 0 Å². The monoisotopic (exact) mass is 426 g/mol. The number of aliphatic hydroxyl groups excluding tert-OH is 1. The van der Waals surface area contributed by atoms with Crippen LogP contribution < -0.4 is 0 Å². The maximum atomic E-state index is 13.8. The minimum atomic E-state index is -1.40. The number of halogens is 6. The lowest BCUT2D eigenvalue weighted by molar-refractivity contribution is 0.174. The van der Waals surface area contributed by atoms with E-state index in [1.54, 1.807) is 0 Å². The highest BCUT2D eigenvalue weighted by atomic mass is 79.9. The summed E-state index contributed by atoms with van der Waals surface area (Å²) < 4.78 is 53.7. The number of rotatable bonds is 3. The van der Waals surface area contributed by atoms with E-state index in [9.17, 15) is 22.7 Å². The van der Waals surface area contributed by atoms with Crippen LogP contribution in [-0.4, -0.2) is 5.11 Å². The zero-order valence-corrected chi connectivity index (χ0v) is 13.5. The summed E-state index contributed by atoms with van der Waals surface area (Å²) in [6.07, 6.45) is -1.81. The lowest BCUT2D eigenvalue weighted by Crippen LogP contribution is -2.08. The molecule has 0 heterocycles. The molecule has 1 N–H and O–H groups in total. The molecule has 1 nitrogen and oxygen atoms in total. The predicted molar refractivity (Wildman–Crippen MR) is 76.8 cm³/mol. The third-order valence-electron chi connectivity index (χ3n) is 2.96. The molecule has 0 saturated heterocycles. The second kappa shape index (κ2) is 6.46. The van der Waals surface area contributed by atoms with E-state index in [1.165, 1.54) is 6.07 Å². The summed E-state index contributed by atoms with van der Waals surface area (Å²) in [5, 5.41) is 10.0. The number of hydrogen-bond donors (Lipinski definition) is 1. The summed E-state index contributed by atoms with van der Waals surface area (Å²) in [6.45, 7) is 0. The van der Waals surface area contributed by atoms with Gasteiger partial charge in [0.2, 0.25) is 0 Å². The van der Waals surface area contributed by atoms with Gasteiger partial charge in [-0.1, -0.05) is 6.07 Å². The van der Waals surface area contributed by atoms with E-state index < -0.39 is 35.8 Å². The van der Waals surface area contributed by atoms with Gasteiger partial charge in [-0.25, -0.2) is 17.6 Å². The molecule has 0 radical (unpaired) electrons. The molecule has 1 atom stereocenters. The zero-order chi connectivity index (χ0) is 15.7. The first-order chi connectivity index (χ1) is 9.82. The van der Waals surface area contributed by atoms with Gasteiger partial charge in [0.1, 0.15) is 11.6 Å². The van der Waals surface area contributed by atoms with Crippen molar-refractivity contribution in [2.24, 2.45) is 0 Å². The molecule has 0 fully saturated rings. The third kappa shape index (κ3) is 3.30. The highest BCUT2D eigenvalue weighted by Crippen LogP contribution is 2.32. The number of aliphatic hydroxyl groups is 1. The van der Waals surface area contributed by atoms with Crippen molar-refractivity contribution in [3.63, 3.8) is 0 Å². The van der Waals surface area contributed by atoms with Crippen molar-refractivity contribution in [3.8, 4) is 0 Å². The molecule has 0 aromatic heterocycles. The van der Waals surface area contributed by atoms with Crippen molar-refractivity contribution in [2.75, 3.05) is 0 Å². The van der Waals surface area contributed by atoms with Gasteiger partial charge >= 0.3 is 0 Å². The molecule has 7 heteroatoms. The van der Waals surface area contributed by atoms with Crippen molar-refractivity contribution in [3.05, 3.63) is 67.6 Å². The van der Waals surface area contributed by atoms with E-state index in [0.29, 0.717) is 0 Å². The maximum Gasteiger partial charge on any atom is 0.173 e. The Kier molecular flexibility index (Phi) is 5.06. The molecule has 0 aliphatic rings. The molecule has 0 bridgehead atoms. The second-order valence-corrected chi connectivity index (χ2v) is 5.95. The van der Waals surface area contributed by atoms with Crippen molar-refractivity contribution in [1.29, 1.82) is 0 Å². The zero-order valence-electron chi connectivity index (χ0n) is 10.3. The Balaban J connectivity index is 2.37. The van der Waals surface area contributed by atoms with Crippen LogP contribution in [0.5, 0.6) is 0 Å². The van der Waals surface area contributed by atoms with Crippen LogP contribution in [-0.2, 0) is 6.42 Å². The Morgan fingerprint density at radius 3 is 2.19 bits per heavy atom. The van der Waals surface area contributed by atoms with E-state index >= 15 is 0 Å². The van der Waals surface area contributed by atoms with E-state index in [-0.39, 0.29) is 20.1 Å². The molecular weight excluding hydrogens is 420 g/mol. The number of hydrogen-bond acceptors (Lipinski definition) is 1. The summed E-state index contributed by atoms with van der Waals surface area (Å²) in [4.78, 5) is 0. The largest absolute Gasteiger partial charge is 0.388 e. The smallest absolute Gasteiger partial charge is 0.173 e. The summed E-state index contributed by atoms with van der Waals surface area (Å²) in [5.74, 6) is -3.92. The van der Waals surface area contributed by atoms with Gasteiger partial charge in [0, 0.05) is 12.0 Å². The van der Waals surface area contributed by atoms with Crippen molar-refractivity contribution < 1.29 is 22.7 Å². The standard InChI is InChI=1S/C14H8Br2F4O/c15-8-2-4-9(17)7(13(8)19)5-11(21)6-1-3-10(18)14(20)12(6)16/h1-4,11,21H,5H2. The molecule has 0 aliphatic carbocycles. The Morgan fingerprint density at radius 2 is 1.52 bits per heavy atom. The molecule has 0 spiro atoms. The molecule has 2 aromatic carbocycles. The molecule has 0 saturated carbocycles. The lowest BCUT2D eigenvalue weighted by atomic mass is 10.0. The summed E-state index contributed by atoms with van der Waals surface area (Å²) in [5.41, 5.74) is -0.332. The van der Waals surface area contributed by atoms with E-state index in [2.05, 4.69) is 31.9 Å². The second-order valence-electron chi connectivity index (χ2n) is 4.31. The summed E-state index contributed by atoms with van der Waals surface area (Å²) in [7, 11) is 0. The van der Waals surface area contributed by atoms with Crippen molar-refractivity contribution in [2.45, 2.75) is 12.5 Å².